The fourth-order valence-corrected chi connectivity index (χ4v) is 5.12. The molecule has 3 rings (SSSR count). The van der Waals surface area contributed by atoms with E-state index < -0.39 is 0 Å². The number of hydrogen-bond acceptors (Lipinski definition) is 4. The fourth-order valence-electron chi connectivity index (χ4n) is 5.12. The van der Waals surface area contributed by atoms with E-state index in [1.807, 2.05) is 0 Å². The molecule has 1 aromatic rings. The number of unbranched alkanes of at least 4 members (excludes halogenated alkanes) is 11. The van der Waals surface area contributed by atoms with E-state index in [4.69, 9.17) is 18.9 Å². The summed E-state index contributed by atoms with van der Waals surface area (Å²) in [5, 5.41) is 0. The lowest BCUT2D eigenvalue weighted by molar-refractivity contribution is -0.286. The first-order valence-electron chi connectivity index (χ1n) is 14.5. The number of rotatable bonds is 17. The van der Waals surface area contributed by atoms with Gasteiger partial charge in [-0.25, -0.2) is 0 Å². The largest absolute Gasteiger partial charge is 0.494 e. The normalized spacial score (nSPS) is 24.6. The molecule has 0 spiro atoms. The second-order valence-electron chi connectivity index (χ2n) is 10.3. The third-order valence-electron chi connectivity index (χ3n) is 7.30. The summed E-state index contributed by atoms with van der Waals surface area (Å²) in [6.45, 7) is 5.99. The van der Waals surface area contributed by atoms with Crippen LogP contribution in [-0.4, -0.2) is 31.7 Å². The van der Waals surface area contributed by atoms with Gasteiger partial charge in [0.1, 0.15) is 11.9 Å². The smallest absolute Gasteiger partial charge is 0.158 e. The van der Waals surface area contributed by atoms with E-state index in [2.05, 4.69) is 38.1 Å². The van der Waals surface area contributed by atoms with Crippen molar-refractivity contribution < 1.29 is 18.9 Å². The Morgan fingerprint density at radius 3 is 2.06 bits per heavy atom. The van der Waals surface area contributed by atoms with Crippen LogP contribution in [0.15, 0.2) is 24.3 Å². The molecule has 0 bridgehead atoms. The second-order valence-corrected chi connectivity index (χ2v) is 10.3. The highest BCUT2D eigenvalue weighted by molar-refractivity contribution is 5.29. The van der Waals surface area contributed by atoms with Crippen molar-refractivity contribution in [2.45, 2.75) is 141 Å². The van der Waals surface area contributed by atoms with Crippen molar-refractivity contribution in [1.82, 2.24) is 0 Å². The Hall–Kier alpha value is -1.10. The molecule has 1 aromatic carbocycles. The maximum absolute atomic E-state index is 6.40. The quantitative estimate of drug-likeness (QED) is 0.212. The van der Waals surface area contributed by atoms with Crippen LogP contribution in [0.2, 0.25) is 0 Å². The summed E-state index contributed by atoms with van der Waals surface area (Å²) in [5.74, 6) is 0.962. The van der Waals surface area contributed by atoms with Gasteiger partial charge in [-0.3, -0.25) is 0 Å². The molecule has 0 saturated carbocycles. The van der Waals surface area contributed by atoms with Crippen LogP contribution in [0.1, 0.15) is 128 Å². The maximum atomic E-state index is 6.40. The van der Waals surface area contributed by atoms with Crippen LogP contribution < -0.4 is 4.74 Å². The average Bonchev–Trinajstić information content (AvgIpc) is 2.87. The molecule has 4 atom stereocenters. The SMILES string of the molecule is CCCCCCCCC[C@@H]1OC[C@H]2O[C@@H](c3ccc(OCCCCCCCC)cc3)CC[C@@H]2O1. The highest BCUT2D eigenvalue weighted by Crippen LogP contribution is 2.36. The van der Waals surface area contributed by atoms with Crippen molar-refractivity contribution in [3.63, 3.8) is 0 Å². The molecular weight excluding hydrogens is 424 g/mol. The van der Waals surface area contributed by atoms with Gasteiger partial charge in [0, 0.05) is 0 Å². The Balaban J connectivity index is 1.29. The number of benzene rings is 1. The molecule has 0 aromatic heterocycles. The molecule has 0 amide bonds. The minimum atomic E-state index is -0.0416. The van der Waals surface area contributed by atoms with Crippen LogP contribution in [0.3, 0.4) is 0 Å². The molecule has 4 nitrogen and oxygen atoms in total. The summed E-state index contributed by atoms with van der Waals surface area (Å²) in [6, 6.07) is 8.51. The van der Waals surface area contributed by atoms with Gasteiger partial charge in [0.05, 0.1) is 25.4 Å². The predicted molar refractivity (Wildman–Crippen MR) is 139 cm³/mol. The first-order chi connectivity index (χ1) is 16.8. The molecule has 0 radical (unpaired) electrons. The van der Waals surface area contributed by atoms with Gasteiger partial charge in [-0.1, -0.05) is 96.6 Å². The summed E-state index contributed by atoms with van der Waals surface area (Å²) in [7, 11) is 0. The van der Waals surface area contributed by atoms with Crippen molar-refractivity contribution in [2.24, 2.45) is 0 Å². The molecule has 2 aliphatic rings. The topological polar surface area (TPSA) is 36.9 Å². The summed E-state index contributed by atoms with van der Waals surface area (Å²) in [5.41, 5.74) is 1.23. The van der Waals surface area contributed by atoms with Crippen molar-refractivity contribution in [1.29, 1.82) is 0 Å². The van der Waals surface area contributed by atoms with E-state index in [1.54, 1.807) is 0 Å². The van der Waals surface area contributed by atoms with Crippen molar-refractivity contribution >= 4 is 0 Å². The number of fused-ring (bicyclic) bond motifs is 1. The molecule has 0 N–H and O–H groups in total. The number of ether oxygens (including phenoxy) is 4. The van der Waals surface area contributed by atoms with Crippen LogP contribution >= 0.6 is 0 Å². The highest BCUT2D eigenvalue weighted by Gasteiger charge is 2.38. The van der Waals surface area contributed by atoms with Crippen LogP contribution in [0.5, 0.6) is 5.75 Å². The summed E-state index contributed by atoms with van der Waals surface area (Å²) in [4.78, 5) is 0. The van der Waals surface area contributed by atoms with E-state index in [0.29, 0.717) is 6.61 Å². The van der Waals surface area contributed by atoms with Crippen molar-refractivity contribution in [2.75, 3.05) is 13.2 Å². The standard InChI is InChI=1S/C30H50O4/c1-3-5-7-9-11-12-14-16-30-32-24-29-28(34-30)22-21-27(33-29)25-17-19-26(20-18-25)31-23-15-13-10-8-6-4-2/h17-20,27-30H,3-16,21-24H2,1-2H3/t27-,28+,29-,30-/m1/s1. The Bertz CT molecular complexity index is 631. The molecule has 2 aliphatic heterocycles. The van der Waals surface area contributed by atoms with Gasteiger partial charge in [0.15, 0.2) is 6.29 Å². The van der Waals surface area contributed by atoms with Gasteiger partial charge < -0.3 is 18.9 Å². The zero-order valence-corrected chi connectivity index (χ0v) is 22.0. The first-order valence-corrected chi connectivity index (χ1v) is 14.5. The molecular formula is C30H50O4. The van der Waals surface area contributed by atoms with Gasteiger partial charge in [0.2, 0.25) is 0 Å². The van der Waals surface area contributed by atoms with E-state index in [0.717, 1.165) is 38.0 Å². The third-order valence-corrected chi connectivity index (χ3v) is 7.30. The highest BCUT2D eigenvalue weighted by atomic mass is 16.7. The van der Waals surface area contributed by atoms with Crippen LogP contribution in [-0.2, 0) is 14.2 Å². The summed E-state index contributed by atoms with van der Waals surface area (Å²) in [6.07, 6.45) is 20.4. The van der Waals surface area contributed by atoms with Gasteiger partial charge >= 0.3 is 0 Å². The Kier molecular flexibility index (Phi) is 13.4. The number of hydrogen-bond donors (Lipinski definition) is 0. The van der Waals surface area contributed by atoms with Gasteiger partial charge in [0.25, 0.3) is 0 Å². The van der Waals surface area contributed by atoms with Crippen molar-refractivity contribution in [3.05, 3.63) is 29.8 Å². The molecule has 2 saturated heterocycles. The van der Waals surface area contributed by atoms with E-state index in [-0.39, 0.29) is 24.6 Å². The van der Waals surface area contributed by atoms with Crippen molar-refractivity contribution in [3.8, 4) is 5.75 Å². The van der Waals surface area contributed by atoms with Crippen LogP contribution in [0, 0.1) is 0 Å². The maximum Gasteiger partial charge on any atom is 0.158 e. The minimum Gasteiger partial charge on any atom is -0.494 e. The fraction of sp³-hybridized carbons (Fsp3) is 0.800. The lowest BCUT2D eigenvalue weighted by Gasteiger charge is -2.42. The van der Waals surface area contributed by atoms with Gasteiger partial charge in [-0.2, -0.15) is 0 Å². The molecule has 4 heteroatoms. The molecule has 2 heterocycles. The first kappa shape index (κ1) is 27.5. The zero-order chi connectivity index (χ0) is 23.8. The monoisotopic (exact) mass is 474 g/mol. The van der Waals surface area contributed by atoms with E-state index in [1.165, 1.54) is 82.6 Å². The van der Waals surface area contributed by atoms with Gasteiger partial charge in [-0.15, -0.1) is 0 Å². The predicted octanol–water partition coefficient (Wildman–Crippen LogP) is 8.53. The average molecular weight is 475 g/mol. The molecule has 0 aliphatic carbocycles. The lowest BCUT2D eigenvalue weighted by Crippen LogP contribution is -2.48. The summed E-state index contributed by atoms with van der Waals surface area (Å²) < 4.78 is 24.6. The zero-order valence-electron chi connectivity index (χ0n) is 22.0. The molecule has 34 heavy (non-hydrogen) atoms. The second kappa shape index (κ2) is 16.5. The minimum absolute atomic E-state index is 0.0416. The lowest BCUT2D eigenvalue weighted by atomic mass is 9.95. The van der Waals surface area contributed by atoms with E-state index >= 15 is 0 Å². The summed E-state index contributed by atoms with van der Waals surface area (Å²) >= 11 is 0. The van der Waals surface area contributed by atoms with Crippen LogP contribution in [0.25, 0.3) is 0 Å². The third kappa shape index (κ3) is 9.87. The molecule has 194 valence electrons. The van der Waals surface area contributed by atoms with Gasteiger partial charge in [-0.05, 0) is 49.8 Å². The Labute approximate surface area is 209 Å². The molecule has 2 fully saturated rings. The van der Waals surface area contributed by atoms with Crippen LogP contribution in [0.4, 0.5) is 0 Å². The van der Waals surface area contributed by atoms with E-state index in [9.17, 15) is 0 Å². The Morgan fingerprint density at radius 1 is 0.706 bits per heavy atom. The molecule has 0 unspecified atom stereocenters. The Morgan fingerprint density at radius 2 is 1.35 bits per heavy atom.